The molecule has 0 heterocycles. The molecule has 1 rings (SSSR count). The summed E-state index contributed by atoms with van der Waals surface area (Å²) in [6.07, 6.45) is 0. The molecule has 1 atom stereocenters. The third-order valence-electron chi connectivity index (χ3n) is 2.56. The first kappa shape index (κ1) is 16.2. The molecule has 7 heteroatoms. The SMILES string of the molecule is CCOc1cc(CNC(C)C(N)=O)ccc1OC(F)F. The van der Waals surface area contributed by atoms with Gasteiger partial charge in [0, 0.05) is 6.54 Å². The average molecular weight is 288 g/mol. The molecule has 0 fully saturated rings. The van der Waals surface area contributed by atoms with Crippen molar-refractivity contribution in [3.05, 3.63) is 23.8 Å². The number of nitrogens with two attached hydrogens (primary N) is 1. The summed E-state index contributed by atoms with van der Waals surface area (Å²) in [6, 6.07) is 4.12. The molecule has 112 valence electrons. The van der Waals surface area contributed by atoms with E-state index in [0.717, 1.165) is 5.56 Å². The molecule has 1 unspecified atom stereocenters. The molecule has 0 aliphatic rings. The molecule has 1 aromatic rings. The largest absolute Gasteiger partial charge is 0.490 e. The summed E-state index contributed by atoms with van der Waals surface area (Å²) in [6.45, 7) is 1.16. The molecule has 0 saturated heterocycles. The van der Waals surface area contributed by atoms with E-state index in [1.807, 2.05) is 0 Å². The van der Waals surface area contributed by atoms with Crippen LogP contribution in [0.1, 0.15) is 19.4 Å². The summed E-state index contributed by atoms with van der Waals surface area (Å²) in [4.78, 5) is 10.9. The van der Waals surface area contributed by atoms with Crippen LogP contribution in [0.25, 0.3) is 0 Å². The highest BCUT2D eigenvalue weighted by Gasteiger charge is 2.12. The van der Waals surface area contributed by atoms with Gasteiger partial charge in [-0.1, -0.05) is 6.07 Å². The molecule has 0 aliphatic carbocycles. The first-order valence-corrected chi connectivity index (χ1v) is 6.17. The molecule has 20 heavy (non-hydrogen) atoms. The second-order valence-electron chi connectivity index (χ2n) is 4.10. The fourth-order valence-corrected chi connectivity index (χ4v) is 1.50. The lowest BCUT2D eigenvalue weighted by atomic mass is 10.2. The lowest BCUT2D eigenvalue weighted by molar-refractivity contribution is -0.119. The Kier molecular flexibility index (Phi) is 6.17. The quantitative estimate of drug-likeness (QED) is 0.763. The van der Waals surface area contributed by atoms with Crippen LogP contribution in [0.15, 0.2) is 18.2 Å². The monoisotopic (exact) mass is 288 g/mol. The van der Waals surface area contributed by atoms with Crippen LogP contribution in [0, 0.1) is 0 Å². The second kappa shape index (κ2) is 7.64. The Morgan fingerprint density at radius 2 is 2.10 bits per heavy atom. The van der Waals surface area contributed by atoms with Gasteiger partial charge in [0.1, 0.15) is 0 Å². The molecule has 0 aliphatic heterocycles. The van der Waals surface area contributed by atoms with E-state index in [0.29, 0.717) is 13.2 Å². The molecule has 1 aromatic carbocycles. The van der Waals surface area contributed by atoms with Gasteiger partial charge in [-0.25, -0.2) is 0 Å². The van der Waals surface area contributed by atoms with Gasteiger partial charge in [-0.05, 0) is 31.5 Å². The number of halogens is 2. The summed E-state index contributed by atoms with van der Waals surface area (Å²) < 4.78 is 34.1. The van der Waals surface area contributed by atoms with E-state index in [9.17, 15) is 13.6 Å². The molecule has 0 aromatic heterocycles. The van der Waals surface area contributed by atoms with Gasteiger partial charge < -0.3 is 20.5 Å². The van der Waals surface area contributed by atoms with Crippen LogP contribution >= 0.6 is 0 Å². The Hall–Kier alpha value is -1.89. The van der Waals surface area contributed by atoms with Crippen molar-refractivity contribution < 1.29 is 23.0 Å². The van der Waals surface area contributed by atoms with Crippen LogP contribution < -0.4 is 20.5 Å². The zero-order chi connectivity index (χ0) is 15.1. The number of primary amides is 1. The molecular formula is C13H18F2N2O3. The van der Waals surface area contributed by atoms with Crippen LogP contribution in [0.3, 0.4) is 0 Å². The van der Waals surface area contributed by atoms with E-state index in [-0.39, 0.29) is 11.5 Å². The highest BCUT2D eigenvalue weighted by molar-refractivity contribution is 5.79. The van der Waals surface area contributed by atoms with Crippen LogP contribution in [-0.2, 0) is 11.3 Å². The number of rotatable bonds is 8. The topological polar surface area (TPSA) is 73.6 Å². The third-order valence-corrected chi connectivity index (χ3v) is 2.56. The van der Waals surface area contributed by atoms with E-state index in [1.165, 1.54) is 6.07 Å². The number of ether oxygens (including phenoxy) is 2. The van der Waals surface area contributed by atoms with Crippen molar-refractivity contribution in [2.75, 3.05) is 6.61 Å². The summed E-state index contributed by atoms with van der Waals surface area (Å²) in [7, 11) is 0. The summed E-state index contributed by atoms with van der Waals surface area (Å²) in [5, 5.41) is 2.91. The van der Waals surface area contributed by atoms with Gasteiger partial charge in [-0.3, -0.25) is 4.79 Å². The van der Waals surface area contributed by atoms with Gasteiger partial charge in [0.2, 0.25) is 5.91 Å². The van der Waals surface area contributed by atoms with E-state index < -0.39 is 18.6 Å². The number of hydrogen-bond donors (Lipinski definition) is 2. The van der Waals surface area contributed by atoms with Crippen molar-refractivity contribution in [3.8, 4) is 11.5 Å². The highest BCUT2D eigenvalue weighted by Crippen LogP contribution is 2.29. The minimum Gasteiger partial charge on any atom is -0.490 e. The Morgan fingerprint density at radius 1 is 1.40 bits per heavy atom. The van der Waals surface area contributed by atoms with Gasteiger partial charge in [0.05, 0.1) is 12.6 Å². The number of benzene rings is 1. The van der Waals surface area contributed by atoms with Crippen LogP contribution in [0.5, 0.6) is 11.5 Å². The maximum absolute atomic E-state index is 12.2. The second-order valence-corrected chi connectivity index (χ2v) is 4.10. The van der Waals surface area contributed by atoms with Crippen molar-refractivity contribution in [1.82, 2.24) is 5.32 Å². The van der Waals surface area contributed by atoms with Crippen molar-refractivity contribution >= 4 is 5.91 Å². The number of carbonyl (C=O) groups is 1. The molecule has 0 radical (unpaired) electrons. The number of nitrogens with one attached hydrogen (secondary N) is 1. The van der Waals surface area contributed by atoms with Crippen LogP contribution in [-0.4, -0.2) is 25.2 Å². The molecule has 3 N–H and O–H groups in total. The van der Waals surface area contributed by atoms with Crippen molar-refractivity contribution in [2.45, 2.75) is 33.0 Å². The predicted octanol–water partition coefficient (Wildman–Crippen LogP) is 1.65. The van der Waals surface area contributed by atoms with Gasteiger partial charge in [0.15, 0.2) is 11.5 Å². The summed E-state index contributed by atoms with van der Waals surface area (Å²) in [5.74, 6) is -0.250. The van der Waals surface area contributed by atoms with E-state index in [4.69, 9.17) is 10.5 Å². The molecular weight excluding hydrogens is 270 g/mol. The number of amides is 1. The van der Waals surface area contributed by atoms with E-state index in [1.54, 1.807) is 26.0 Å². The minimum absolute atomic E-state index is 0.0199. The maximum Gasteiger partial charge on any atom is 0.387 e. The Bertz CT molecular complexity index is 455. The normalized spacial score (nSPS) is 12.2. The fourth-order valence-electron chi connectivity index (χ4n) is 1.50. The molecule has 0 spiro atoms. The van der Waals surface area contributed by atoms with E-state index in [2.05, 4.69) is 10.1 Å². The van der Waals surface area contributed by atoms with Gasteiger partial charge >= 0.3 is 6.61 Å². The first-order valence-electron chi connectivity index (χ1n) is 6.17. The Labute approximate surface area is 116 Å². The maximum atomic E-state index is 12.2. The first-order chi connectivity index (χ1) is 9.43. The average Bonchev–Trinajstić information content (AvgIpc) is 2.38. The molecule has 1 amide bonds. The van der Waals surface area contributed by atoms with E-state index >= 15 is 0 Å². The highest BCUT2D eigenvalue weighted by atomic mass is 19.3. The molecule has 5 nitrogen and oxygen atoms in total. The Morgan fingerprint density at radius 3 is 2.65 bits per heavy atom. The van der Waals surface area contributed by atoms with Crippen molar-refractivity contribution in [2.24, 2.45) is 5.73 Å². The number of carbonyl (C=O) groups excluding carboxylic acids is 1. The number of alkyl halides is 2. The zero-order valence-electron chi connectivity index (χ0n) is 11.4. The molecule has 0 saturated carbocycles. The number of hydrogen-bond acceptors (Lipinski definition) is 4. The standard InChI is InChI=1S/C13H18F2N2O3/c1-3-19-11-6-9(7-17-8(2)12(16)18)4-5-10(11)20-13(14)15/h4-6,8,13,17H,3,7H2,1-2H3,(H2,16,18). The van der Waals surface area contributed by atoms with Crippen LogP contribution in [0.2, 0.25) is 0 Å². The van der Waals surface area contributed by atoms with Crippen molar-refractivity contribution in [1.29, 1.82) is 0 Å². The predicted molar refractivity (Wildman–Crippen MR) is 69.7 cm³/mol. The summed E-state index contributed by atoms with van der Waals surface area (Å²) in [5.41, 5.74) is 5.89. The zero-order valence-corrected chi connectivity index (χ0v) is 11.4. The lowest BCUT2D eigenvalue weighted by Gasteiger charge is -2.14. The van der Waals surface area contributed by atoms with Gasteiger partial charge in [-0.2, -0.15) is 8.78 Å². The third kappa shape index (κ3) is 5.00. The van der Waals surface area contributed by atoms with Gasteiger partial charge in [-0.15, -0.1) is 0 Å². The smallest absolute Gasteiger partial charge is 0.387 e. The Balaban J connectivity index is 2.78. The minimum atomic E-state index is -2.91. The molecule has 0 bridgehead atoms. The van der Waals surface area contributed by atoms with Gasteiger partial charge in [0.25, 0.3) is 0 Å². The van der Waals surface area contributed by atoms with Crippen molar-refractivity contribution in [3.63, 3.8) is 0 Å². The fraction of sp³-hybridized carbons (Fsp3) is 0.462. The van der Waals surface area contributed by atoms with Crippen LogP contribution in [0.4, 0.5) is 8.78 Å². The lowest BCUT2D eigenvalue weighted by Crippen LogP contribution is -2.38. The summed E-state index contributed by atoms with van der Waals surface area (Å²) >= 11 is 0.